The fourth-order valence-electron chi connectivity index (χ4n) is 2.21. The molecule has 0 aliphatic carbocycles. The number of aromatic nitrogens is 4. The van der Waals surface area contributed by atoms with E-state index in [2.05, 4.69) is 15.0 Å². The quantitative estimate of drug-likeness (QED) is 0.648. The Bertz CT molecular complexity index is 618. The third kappa shape index (κ3) is 2.02. The molecule has 3 rings (SSSR count). The highest BCUT2D eigenvalue weighted by molar-refractivity contribution is 6.28. The molecular formula is C10H12ClN5O3. The Morgan fingerprint density at radius 2 is 2.32 bits per heavy atom. The summed E-state index contributed by atoms with van der Waals surface area (Å²) in [7, 11) is 0. The van der Waals surface area contributed by atoms with E-state index in [4.69, 9.17) is 27.2 Å². The molecular weight excluding hydrogens is 274 g/mol. The fraction of sp³-hybridized carbons (Fsp3) is 0.500. The van der Waals surface area contributed by atoms with E-state index < -0.39 is 18.4 Å². The van der Waals surface area contributed by atoms with Crippen LogP contribution < -0.4 is 5.73 Å². The van der Waals surface area contributed by atoms with Gasteiger partial charge in [0.05, 0.1) is 18.9 Å². The van der Waals surface area contributed by atoms with Crippen LogP contribution in [0, 0.1) is 0 Å². The van der Waals surface area contributed by atoms with Gasteiger partial charge in [0, 0.05) is 6.42 Å². The SMILES string of the molecule is Nc1nc2cnc(Cl)nc2n1[C@H]1C[C@@H](O)[C@H](CO)O1. The van der Waals surface area contributed by atoms with Gasteiger partial charge < -0.3 is 20.7 Å². The van der Waals surface area contributed by atoms with Gasteiger partial charge in [0.1, 0.15) is 17.8 Å². The average molecular weight is 286 g/mol. The van der Waals surface area contributed by atoms with E-state index in [-0.39, 0.29) is 17.8 Å². The number of rotatable bonds is 2. The molecule has 1 aliphatic heterocycles. The van der Waals surface area contributed by atoms with Crippen LogP contribution in [0.3, 0.4) is 0 Å². The van der Waals surface area contributed by atoms with E-state index in [1.165, 1.54) is 6.20 Å². The van der Waals surface area contributed by atoms with Crippen molar-refractivity contribution in [1.29, 1.82) is 0 Å². The summed E-state index contributed by atoms with van der Waals surface area (Å²) in [6.45, 7) is -0.264. The Labute approximate surface area is 112 Å². The number of halogens is 1. The largest absolute Gasteiger partial charge is 0.394 e. The number of ether oxygens (including phenoxy) is 1. The molecule has 0 amide bonds. The molecule has 3 heterocycles. The maximum Gasteiger partial charge on any atom is 0.224 e. The summed E-state index contributed by atoms with van der Waals surface area (Å²) in [5.74, 6) is 0.197. The molecule has 0 radical (unpaired) electrons. The minimum atomic E-state index is -0.760. The smallest absolute Gasteiger partial charge is 0.224 e. The number of anilines is 1. The van der Waals surface area contributed by atoms with Crippen LogP contribution in [-0.4, -0.2) is 48.5 Å². The molecule has 1 saturated heterocycles. The summed E-state index contributed by atoms with van der Waals surface area (Å²) in [4.78, 5) is 12.0. The first kappa shape index (κ1) is 12.5. The van der Waals surface area contributed by atoms with Crippen LogP contribution in [0.15, 0.2) is 6.20 Å². The molecule has 8 nitrogen and oxygen atoms in total. The zero-order valence-corrected chi connectivity index (χ0v) is 10.5. The van der Waals surface area contributed by atoms with Gasteiger partial charge in [-0.15, -0.1) is 0 Å². The molecule has 2 aromatic heterocycles. The third-order valence-electron chi connectivity index (χ3n) is 3.10. The summed E-state index contributed by atoms with van der Waals surface area (Å²) in [6.07, 6.45) is -0.180. The molecule has 102 valence electrons. The van der Waals surface area contributed by atoms with E-state index in [0.717, 1.165) is 0 Å². The lowest BCUT2D eigenvalue weighted by atomic mass is 10.2. The monoisotopic (exact) mass is 285 g/mol. The molecule has 3 atom stereocenters. The normalized spacial score (nSPS) is 27.2. The highest BCUT2D eigenvalue weighted by Gasteiger charge is 2.36. The zero-order chi connectivity index (χ0) is 13.6. The molecule has 1 aliphatic rings. The van der Waals surface area contributed by atoms with Gasteiger partial charge in [-0.1, -0.05) is 0 Å². The van der Waals surface area contributed by atoms with Crippen molar-refractivity contribution in [2.45, 2.75) is 24.9 Å². The van der Waals surface area contributed by atoms with Crippen LogP contribution in [0.1, 0.15) is 12.6 Å². The standard InChI is InChI=1S/C10H12ClN5O3/c11-9-13-2-4-8(15-9)16(10(12)14-4)7-1-5(18)6(3-17)19-7/h2,5-7,17-18H,1,3H2,(H2,12,14)/t5-,6+,7-/m1/s1. The summed E-state index contributed by atoms with van der Waals surface area (Å²) in [6, 6.07) is 0. The van der Waals surface area contributed by atoms with Crippen LogP contribution >= 0.6 is 11.6 Å². The summed E-state index contributed by atoms with van der Waals surface area (Å²) < 4.78 is 7.08. The van der Waals surface area contributed by atoms with Crippen LogP contribution in [0.2, 0.25) is 5.28 Å². The van der Waals surface area contributed by atoms with Crippen molar-refractivity contribution in [3.05, 3.63) is 11.5 Å². The minimum absolute atomic E-state index is 0.0749. The summed E-state index contributed by atoms with van der Waals surface area (Å²) in [5, 5.41) is 18.9. The first-order valence-electron chi connectivity index (χ1n) is 5.70. The summed E-state index contributed by atoms with van der Waals surface area (Å²) in [5.41, 5.74) is 6.76. The van der Waals surface area contributed by atoms with Crippen molar-refractivity contribution in [1.82, 2.24) is 19.5 Å². The van der Waals surface area contributed by atoms with Crippen LogP contribution in [-0.2, 0) is 4.74 Å². The topological polar surface area (TPSA) is 119 Å². The predicted octanol–water partition coefficient (Wildman–Crippen LogP) is -0.297. The van der Waals surface area contributed by atoms with E-state index in [9.17, 15) is 5.11 Å². The molecule has 0 aromatic carbocycles. The van der Waals surface area contributed by atoms with E-state index >= 15 is 0 Å². The average Bonchev–Trinajstić information content (AvgIpc) is 2.88. The predicted molar refractivity (Wildman–Crippen MR) is 66.4 cm³/mol. The highest BCUT2D eigenvalue weighted by atomic mass is 35.5. The number of imidazole rings is 1. The fourth-order valence-corrected chi connectivity index (χ4v) is 2.34. The van der Waals surface area contributed by atoms with Crippen LogP contribution in [0.25, 0.3) is 11.2 Å². The lowest BCUT2D eigenvalue weighted by Gasteiger charge is -2.14. The van der Waals surface area contributed by atoms with Crippen molar-refractivity contribution in [3.8, 4) is 0 Å². The molecule has 0 saturated carbocycles. The molecule has 9 heteroatoms. The molecule has 4 N–H and O–H groups in total. The van der Waals surface area contributed by atoms with Crippen LogP contribution in [0.5, 0.6) is 0 Å². The molecule has 19 heavy (non-hydrogen) atoms. The van der Waals surface area contributed by atoms with Gasteiger partial charge in [-0.25, -0.2) is 9.97 Å². The Morgan fingerprint density at radius 1 is 1.53 bits per heavy atom. The highest BCUT2D eigenvalue weighted by Crippen LogP contribution is 2.32. The lowest BCUT2D eigenvalue weighted by molar-refractivity contribution is -0.0425. The Balaban J connectivity index is 2.05. The van der Waals surface area contributed by atoms with Crippen molar-refractivity contribution in [3.63, 3.8) is 0 Å². The van der Waals surface area contributed by atoms with Gasteiger partial charge in [0.2, 0.25) is 11.2 Å². The Kier molecular flexibility index (Phi) is 3.02. The number of nitrogens with zero attached hydrogens (tertiary/aromatic N) is 4. The van der Waals surface area contributed by atoms with Gasteiger partial charge in [0.25, 0.3) is 0 Å². The number of hydrogen-bond donors (Lipinski definition) is 3. The maximum absolute atomic E-state index is 9.76. The van der Waals surface area contributed by atoms with E-state index in [1.54, 1.807) is 4.57 Å². The van der Waals surface area contributed by atoms with Gasteiger partial charge in [0.15, 0.2) is 5.65 Å². The first-order valence-corrected chi connectivity index (χ1v) is 6.08. The van der Waals surface area contributed by atoms with E-state index in [0.29, 0.717) is 17.6 Å². The third-order valence-corrected chi connectivity index (χ3v) is 3.28. The second-order valence-electron chi connectivity index (χ2n) is 4.30. The zero-order valence-electron chi connectivity index (χ0n) is 9.77. The molecule has 0 bridgehead atoms. The van der Waals surface area contributed by atoms with Crippen molar-refractivity contribution < 1.29 is 14.9 Å². The maximum atomic E-state index is 9.76. The van der Waals surface area contributed by atoms with E-state index in [1.807, 2.05) is 0 Å². The number of aliphatic hydroxyl groups is 2. The number of nitrogens with two attached hydrogens (primary N) is 1. The minimum Gasteiger partial charge on any atom is -0.394 e. The lowest BCUT2D eigenvalue weighted by Crippen LogP contribution is -2.24. The molecule has 0 unspecified atom stereocenters. The van der Waals surface area contributed by atoms with Crippen molar-refractivity contribution >= 4 is 28.7 Å². The number of nitrogen functional groups attached to an aromatic ring is 1. The summed E-state index contributed by atoms with van der Waals surface area (Å²) >= 11 is 5.76. The number of fused-ring (bicyclic) bond motifs is 1. The van der Waals surface area contributed by atoms with Crippen molar-refractivity contribution in [2.75, 3.05) is 12.3 Å². The molecule has 1 fully saturated rings. The van der Waals surface area contributed by atoms with Gasteiger partial charge >= 0.3 is 0 Å². The Morgan fingerprint density at radius 3 is 3.00 bits per heavy atom. The van der Waals surface area contributed by atoms with Gasteiger partial charge in [-0.3, -0.25) is 4.57 Å². The van der Waals surface area contributed by atoms with Crippen LogP contribution in [0.4, 0.5) is 5.95 Å². The second kappa shape index (κ2) is 4.57. The van der Waals surface area contributed by atoms with Gasteiger partial charge in [-0.2, -0.15) is 4.98 Å². The van der Waals surface area contributed by atoms with Gasteiger partial charge in [-0.05, 0) is 11.6 Å². The van der Waals surface area contributed by atoms with Crippen molar-refractivity contribution in [2.24, 2.45) is 0 Å². The number of hydrogen-bond acceptors (Lipinski definition) is 7. The Hall–Kier alpha value is -1.48. The molecule has 0 spiro atoms. The first-order chi connectivity index (χ1) is 9.10. The molecule has 2 aromatic rings. The number of aliphatic hydroxyl groups excluding tert-OH is 2. The second-order valence-corrected chi connectivity index (χ2v) is 4.64.